The van der Waals surface area contributed by atoms with Crippen molar-refractivity contribution in [1.82, 2.24) is 5.43 Å². The smallest absolute Gasteiger partial charge is 0.184 e. The van der Waals surface area contributed by atoms with Gasteiger partial charge in [0.1, 0.15) is 5.75 Å². The first-order valence-electron chi connectivity index (χ1n) is 4.53. The lowest BCUT2D eigenvalue weighted by molar-refractivity contribution is 0.340. The summed E-state index contributed by atoms with van der Waals surface area (Å²) >= 11 is 4.61. The number of thiocarbonyl (C=S) groups is 1. The molecule has 0 amide bonds. The summed E-state index contributed by atoms with van der Waals surface area (Å²) < 4.78 is 5.34. The highest BCUT2D eigenvalue weighted by molar-refractivity contribution is 7.80. The molecular weight excluding hydrogens is 210 g/mol. The van der Waals surface area contributed by atoms with Crippen LogP contribution in [-0.2, 0) is 0 Å². The van der Waals surface area contributed by atoms with Gasteiger partial charge in [-0.3, -0.25) is 5.43 Å². The Morgan fingerprint density at radius 1 is 1.67 bits per heavy atom. The van der Waals surface area contributed by atoms with Crippen LogP contribution in [-0.4, -0.2) is 17.9 Å². The van der Waals surface area contributed by atoms with Gasteiger partial charge in [0.25, 0.3) is 0 Å². The quantitative estimate of drug-likeness (QED) is 0.458. The number of benzene rings is 1. The van der Waals surface area contributed by atoms with Crippen molar-refractivity contribution in [3.05, 3.63) is 29.8 Å². The van der Waals surface area contributed by atoms with Crippen molar-refractivity contribution in [3.63, 3.8) is 0 Å². The standard InChI is InChI=1S/C10H13N3OS/c1-2-14-9-5-3-4-8(6-9)7-12-13-10(11)15/h3-7H,2H2,1H3,(H3,11,13,15). The Morgan fingerprint density at radius 3 is 3.13 bits per heavy atom. The fourth-order valence-corrected chi connectivity index (χ4v) is 1.07. The molecule has 4 nitrogen and oxygen atoms in total. The zero-order valence-corrected chi connectivity index (χ0v) is 9.25. The maximum atomic E-state index is 5.34. The lowest BCUT2D eigenvalue weighted by atomic mass is 10.2. The third-order valence-corrected chi connectivity index (χ3v) is 1.65. The van der Waals surface area contributed by atoms with Crippen molar-refractivity contribution < 1.29 is 4.74 Å². The molecule has 15 heavy (non-hydrogen) atoms. The Balaban J connectivity index is 2.64. The number of ether oxygens (including phenoxy) is 1. The van der Waals surface area contributed by atoms with E-state index in [0.717, 1.165) is 11.3 Å². The van der Waals surface area contributed by atoms with Crippen molar-refractivity contribution in [1.29, 1.82) is 0 Å². The number of nitrogens with one attached hydrogen (secondary N) is 1. The minimum Gasteiger partial charge on any atom is -0.494 e. The molecule has 0 saturated heterocycles. The summed E-state index contributed by atoms with van der Waals surface area (Å²) in [6.45, 7) is 2.58. The van der Waals surface area contributed by atoms with Gasteiger partial charge in [0.05, 0.1) is 12.8 Å². The average molecular weight is 223 g/mol. The van der Waals surface area contributed by atoms with Crippen LogP contribution in [0.1, 0.15) is 12.5 Å². The lowest BCUT2D eigenvalue weighted by Gasteiger charge is -2.02. The third-order valence-electron chi connectivity index (χ3n) is 1.56. The summed E-state index contributed by atoms with van der Waals surface area (Å²) in [5.41, 5.74) is 8.62. The Kier molecular flexibility index (Phi) is 4.56. The SMILES string of the molecule is CCOc1cccc(C=NNC(N)=S)c1. The zero-order valence-electron chi connectivity index (χ0n) is 8.43. The van der Waals surface area contributed by atoms with E-state index in [0.29, 0.717) is 6.61 Å². The normalized spacial score (nSPS) is 10.2. The summed E-state index contributed by atoms with van der Waals surface area (Å²) in [6, 6.07) is 7.58. The van der Waals surface area contributed by atoms with Crippen LogP contribution in [0.25, 0.3) is 0 Å². The van der Waals surface area contributed by atoms with Crippen LogP contribution in [0.4, 0.5) is 0 Å². The number of nitrogens with two attached hydrogens (primary N) is 1. The minimum absolute atomic E-state index is 0.146. The van der Waals surface area contributed by atoms with Crippen molar-refractivity contribution in [2.24, 2.45) is 10.8 Å². The summed E-state index contributed by atoms with van der Waals surface area (Å²) in [5, 5.41) is 3.99. The van der Waals surface area contributed by atoms with Gasteiger partial charge >= 0.3 is 0 Å². The largest absolute Gasteiger partial charge is 0.494 e. The Hall–Kier alpha value is -1.62. The molecule has 1 aromatic rings. The van der Waals surface area contributed by atoms with Gasteiger partial charge in [-0.15, -0.1) is 0 Å². The number of rotatable bonds is 4. The Labute approximate surface area is 94.1 Å². The molecule has 3 N–H and O–H groups in total. The van der Waals surface area contributed by atoms with Gasteiger partial charge in [-0.2, -0.15) is 5.10 Å². The van der Waals surface area contributed by atoms with E-state index in [2.05, 4.69) is 22.7 Å². The molecule has 0 aromatic heterocycles. The highest BCUT2D eigenvalue weighted by Crippen LogP contribution is 2.11. The first kappa shape index (κ1) is 11.5. The number of hydrazone groups is 1. The van der Waals surface area contributed by atoms with E-state index in [1.54, 1.807) is 6.21 Å². The lowest BCUT2D eigenvalue weighted by Crippen LogP contribution is -2.23. The summed E-state index contributed by atoms with van der Waals surface area (Å²) in [7, 11) is 0. The highest BCUT2D eigenvalue weighted by atomic mass is 32.1. The van der Waals surface area contributed by atoms with E-state index in [9.17, 15) is 0 Å². The van der Waals surface area contributed by atoms with E-state index in [-0.39, 0.29) is 5.11 Å². The van der Waals surface area contributed by atoms with Gasteiger partial charge in [-0.05, 0) is 36.8 Å². The molecule has 80 valence electrons. The molecular formula is C10H13N3OS. The Bertz CT molecular complexity index is 365. The molecule has 0 saturated carbocycles. The van der Waals surface area contributed by atoms with Crippen LogP contribution in [0, 0.1) is 0 Å². The van der Waals surface area contributed by atoms with Crippen molar-refractivity contribution in [3.8, 4) is 5.75 Å². The van der Waals surface area contributed by atoms with Gasteiger partial charge in [0.2, 0.25) is 0 Å². The van der Waals surface area contributed by atoms with Gasteiger partial charge in [-0.25, -0.2) is 0 Å². The number of hydrogen-bond donors (Lipinski definition) is 2. The van der Waals surface area contributed by atoms with Crippen LogP contribution in [0.5, 0.6) is 5.75 Å². The van der Waals surface area contributed by atoms with E-state index >= 15 is 0 Å². The van der Waals surface area contributed by atoms with Crippen molar-refractivity contribution in [2.75, 3.05) is 6.61 Å². The summed E-state index contributed by atoms with van der Waals surface area (Å²) in [4.78, 5) is 0. The van der Waals surface area contributed by atoms with Gasteiger partial charge < -0.3 is 10.5 Å². The third kappa shape index (κ3) is 4.42. The first-order chi connectivity index (χ1) is 7.22. The van der Waals surface area contributed by atoms with Crippen LogP contribution in [0.15, 0.2) is 29.4 Å². The van der Waals surface area contributed by atoms with Gasteiger partial charge in [-0.1, -0.05) is 12.1 Å². The summed E-state index contributed by atoms with van der Waals surface area (Å²) in [5.74, 6) is 0.816. The van der Waals surface area contributed by atoms with Gasteiger partial charge in [0, 0.05) is 0 Å². The molecule has 5 heteroatoms. The van der Waals surface area contributed by atoms with E-state index < -0.39 is 0 Å². The Morgan fingerprint density at radius 2 is 2.47 bits per heavy atom. The predicted octanol–water partition coefficient (Wildman–Crippen LogP) is 1.25. The molecule has 0 aliphatic carbocycles. The fraction of sp³-hybridized carbons (Fsp3) is 0.200. The second kappa shape index (κ2) is 5.98. The number of nitrogens with zero attached hydrogens (tertiary/aromatic N) is 1. The molecule has 0 spiro atoms. The van der Waals surface area contributed by atoms with Gasteiger partial charge in [0.15, 0.2) is 5.11 Å². The van der Waals surface area contributed by atoms with Crippen LogP contribution in [0.2, 0.25) is 0 Å². The second-order valence-electron chi connectivity index (χ2n) is 2.74. The van der Waals surface area contributed by atoms with E-state index in [1.807, 2.05) is 31.2 Å². The molecule has 0 bridgehead atoms. The molecule has 0 aliphatic rings. The minimum atomic E-state index is 0.146. The predicted molar refractivity (Wildman–Crippen MR) is 65.1 cm³/mol. The molecule has 0 radical (unpaired) electrons. The molecule has 1 rings (SSSR count). The molecule has 1 aromatic carbocycles. The van der Waals surface area contributed by atoms with E-state index in [1.165, 1.54) is 0 Å². The molecule has 0 aliphatic heterocycles. The average Bonchev–Trinajstić information content (AvgIpc) is 2.18. The maximum Gasteiger partial charge on any atom is 0.184 e. The topological polar surface area (TPSA) is 59.6 Å². The molecule has 0 atom stereocenters. The fourth-order valence-electron chi connectivity index (χ4n) is 1.02. The number of hydrogen-bond acceptors (Lipinski definition) is 3. The van der Waals surface area contributed by atoms with Crippen LogP contribution in [0.3, 0.4) is 0 Å². The zero-order chi connectivity index (χ0) is 11.1. The first-order valence-corrected chi connectivity index (χ1v) is 4.94. The monoisotopic (exact) mass is 223 g/mol. The van der Waals surface area contributed by atoms with E-state index in [4.69, 9.17) is 10.5 Å². The van der Waals surface area contributed by atoms with Crippen molar-refractivity contribution >= 4 is 23.5 Å². The van der Waals surface area contributed by atoms with Crippen molar-refractivity contribution in [2.45, 2.75) is 6.92 Å². The highest BCUT2D eigenvalue weighted by Gasteiger charge is 1.93. The molecule has 0 unspecified atom stereocenters. The van der Waals surface area contributed by atoms with Crippen LogP contribution < -0.4 is 15.9 Å². The molecule has 0 fully saturated rings. The van der Waals surface area contributed by atoms with Crippen LogP contribution >= 0.6 is 12.2 Å². The second-order valence-corrected chi connectivity index (χ2v) is 3.18. The summed E-state index contributed by atoms with van der Waals surface area (Å²) in [6.07, 6.45) is 1.63. The maximum absolute atomic E-state index is 5.34. The molecule has 0 heterocycles.